The summed E-state index contributed by atoms with van der Waals surface area (Å²) in [5.74, 6) is 0.717. The van der Waals surface area contributed by atoms with Gasteiger partial charge in [-0.1, -0.05) is 0 Å². The Morgan fingerprint density at radius 2 is 2.22 bits per heavy atom. The van der Waals surface area contributed by atoms with Crippen molar-refractivity contribution in [1.29, 1.82) is 5.26 Å². The Balaban J connectivity index is 1.34. The zero-order valence-corrected chi connectivity index (χ0v) is 17.9. The molecule has 0 radical (unpaired) electrons. The van der Waals surface area contributed by atoms with Gasteiger partial charge in [-0.3, -0.25) is 9.78 Å². The Morgan fingerprint density at radius 1 is 1.38 bits per heavy atom. The van der Waals surface area contributed by atoms with Crippen LogP contribution in [-0.2, 0) is 10.3 Å². The highest BCUT2D eigenvalue weighted by Crippen LogP contribution is 2.56. The highest BCUT2D eigenvalue weighted by molar-refractivity contribution is 5.88. The number of hydrogen-bond donors (Lipinski definition) is 3. The van der Waals surface area contributed by atoms with Gasteiger partial charge in [0.1, 0.15) is 29.4 Å². The molecule has 9 heteroatoms. The molecule has 0 bridgehead atoms. The van der Waals surface area contributed by atoms with Gasteiger partial charge in [0.05, 0.1) is 23.3 Å². The van der Waals surface area contributed by atoms with Crippen LogP contribution in [-0.4, -0.2) is 50.6 Å². The van der Waals surface area contributed by atoms with E-state index in [2.05, 4.69) is 30.2 Å². The van der Waals surface area contributed by atoms with E-state index in [1.165, 1.54) is 6.20 Å². The highest BCUT2D eigenvalue weighted by Gasteiger charge is 2.56. The van der Waals surface area contributed by atoms with Gasteiger partial charge in [-0.25, -0.2) is 9.97 Å². The van der Waals surface area contributed by atoms with Crippen LogP contribution in [0.4, 0.5) is 5.82 Å². The summed E-state index contributed by atoms with van der Waals surface area (Å²) in [6, 6.07) is 7.35. The van der Waals surface area contributed by atoms with Crippen molar-refractivity contribution >= 4 is 22.8 Å². The minimum Gasteiger partial charge on any atom is -0.394 e. The van der Waals surface area contributed by atoms with Gasteiger partial charge in [-0.05, 0) is 49.8 Å². The van der Waals surface area contributed by atoms with Crippen molar-refractivity contribution in [2.75, 3.05) is 24.6 Å². The number of rotatable bonds is 5. The van der Waals surface area contributed by atoms with Crippen LogP contribution in [0.15, 0.2) is 36.9 Å². The number of anilines is 1. The third kappa shape index (κ3) is 3.37. The number of aromatic nitrogens is 4. The lowest BCUT2D eigenvalue weighted by molar-refractivity contribution is -0.130. The molecule has 1 aliphatic carbocycles. The molecule has 32 heavy (non-hydrogen) atoms. The Morgan fingerprint density at radius 3 is 2.91 bits per heavy atom. The summed E-state index contributed by atoms with van der Waals surface area (Å²) in [4.78, 5) is 31.9. The van der Waals surface area contributed by atoms with E-state index in [4.69, 9.17) is 5.26 Å². The molecule has 1 aliphatic heterocycles. The molecule has 4 heterocycles. The summed E-state index contributed by atoms with van der Waals surface area (Å²) in [6.07, 6.45) is 7.60. The molecule has 2 aliphatic rings. The predicted octanol–water partition coefficient (Wildman–Crippen LogP) is 1.85. The fourth-order valence-electron chi connectivity index (χ4n) is 4.86. The zero-order chi connectivity index (χ0) is 22.3. The average Bonchev–Trinajstić information content (AvgIpc) is 3.40. The molecular formula is C23H25N7O2. The van der Waals surface area contributed by atoms with E-state index in [0.717, 1.165) is 42.8 Å². The maximum Gasteiger partial charge on any atom is 0.224 e. The summed E-state index contributed by atoms with van der Waals surface area (Å²) in [5, 5.41) is 23.1. The maximum absolute atomic E-state index is 13.4. The smallest absolute Gasteiger partial charge is 0.224 e. The zero-order valence-electron chi connectivity index (χ0n) is 17.9. The molecule has 164 valence electrons. The fraction of sp³-hybridized carbons (Fsp3) is 0.435. The number of aliphatic hydroxyl groups excluding tert-OH is 1. The Kier molecular flexibility index (Phi) is 4.82. The number of piperidine rings is 1. The van der Waals surface area contributed by atoms with Crippen LogP contribution in [0.2, 0.25) is 0 Å². The number of nitriles is 1. The number of aromatic amines is 1. The van der Waals surface area contributed by atoms with Crippen molar-refractivity contribution in [2.45, 2.75) is 31.7 Å². The third-order valence-corrected chi connectivity index (χ3v) is 6.95. The van der Waals surface area contributed by atoms with Gasteiger partial charge in [0.2, 0.25) is 5.91 Å². The van der Waals surface area contributed by atoms with Crippen molar-refractivity contribution in [1.82, 2.24) is 25.3 Å². The lowest BCUT2D eigenvalue weighted by atomic mass is 9.80. The normalized spacial score (nSPS) is 21.2. The molecule has 9 nitrogen and oxygen atoms in total. The number of carbonyl (C=O) groups is 1. The number of carbonyl (C=O) groups excluding carboxylic acids is 1. The number of amides is 1. The second kappa shape index (κ2) is 7.57. The molecular weight excluding hydrogens is 406 g/mol. The molecule has 2 fully saturated rings. The van der Waals surface area contributed by atoms with E-state index in [-0.39, 0.29) is 23.8 Å². The van der Waals surface area contributed by atoms with Gasteiger partial charge in [-0.2, -0.15) is 5.26 Å². The molecule has 2 atom stereocenters. The topological polar surface area (TPSA) is 131 Å². The first-order chi connectivity index (χ1) is 15.5. The van der Waals surface area contributed by atoms with E-state index in [0.29, 0.717) is 17.7 Å². The molecule has 3 aromatic rings. The standard InChI is InChI=1S/C23H25N7O2/c1-22(13-31,18-3-2-15(10-24)11-26-18)29-21(32)17-5-9-30(12-23(17)6-7-23)20-16-4-8-25-19(16)27-14-28-20/h2-4,8,11,14,17,31H,5-7,9,12-13H2,1H3,(H,29,32)(H,25,27,28)/t17?,22-/m1/s1. The van der Waals surface area contributed by atoms with Crippen molar-refractivity contribution in [3.63, 3.8) is 0 Å². The van der Waals surface area contributed by atoms with Gasteiger partial charge < -0.3 is 20.3 Å². The quantitative estimate of drug-likeness (QED) is 0.562. The number of nitrogens with zero attached hydrogens (tertiary/aromatic N) is 5. The largest absolute Gasteiger partial charge is 0.394 e. The number of aliphatic hydroxyl groups is 1. The van der Waals surface area contributed by atoms with Crippen LogP contribution in [0, 0.1) is 22.7 Å². The first-order valence-electron chi connectivity index (χ1n) is 10.8. The van der Waals surface area contributed by atoms with E-state index >= 15 is 0 Å². The number of hydrogen-bond acceptors (Lipinski definition) is 7. The summed E-state index contributed by atoms with van der Waals surface area (Å²) >= 11 is 0. The monoisotopic (exact) mass is 431 g/mol. The number of H-pyrrole nitrogens is 1. The van der Waals surface area contributed by atoms with Crippen molar-refractivity contribution in [3.8, 4) is 6.07 Å². The molecule has 1 spiro atoms. The molecule has 1 amide bonds. The molecule has 1 saturated carbocycles. The van der Waals surface area contributed by atoms with Crippen molar-refractivity contribution in [2.24, 2.45) is 11.3 Å². The van der Waals surface area contributed by atoms with Gasteiger partial charge in [0.25, 0.3) is 0 Å². The Labute approximate surface area is 185 Å². The first-order valence-corrected chi connectivity index (χ1v) is 10.8. The molecule has 3 aromatic heterocycles. The minimum atomic E-state index is -1.01. The summed E-state index contributed by atoms with van der Waals surface area (Å²) < 4.78 is 0. The summed E-state index contributed by atoms with van der Waals surface area (Å²) in [5.41, 5.74) is 0.691. The predicted molar refractivity (Wildman–Crippen MR) is 117 cm³/mol. The lowest BCUT2D eigenvalue weighted by Gasteiger charge is -2.40. The molecule has 1 unspecified atom stereocenters. The SMILES string of the molecule is C[C@](CO)(NC(=O)C1CCN(c2ncnc3[nH]ccc23)CC12CC2)c1ccc(C#N)cn1. The van der Waals surface area contributed by atoms with Gasteiger partial charge in [0.15, 0.2) is 0 Å². The molecule has 0 aromatic carbocycles. The van der Waals surface area contributed by atoms with Gasteiger partial charge >= 0.3 is 0 Å². The van der Waals surface area contributed by atoms with Crippen LogP contribution in [0.1, 0.15) is 37.4 Å². The first kappa shape index (κ1) is 20.4. The van der Waals surface area contributed by atoms with Crippen LogP contribution in [0.5, 0.6) is 0 Å². The average molecular weight is 432 g/mol. The van der Waals surface area contributed by atoms with Gasteiger partial charge in [-0.15, -0.1) is 0 Å². The Hall–Kier alpha value is -3.51. The van der Waals surface area contributed by atoms with E-state index in [1.54, 1.807) is 25.4 Å². The van der Waals surface area contributed by atoms with Crippen LogP contribution >= 0.6 is 0 Å². The van der Waals surface area contributed by atoms with Crippen LogP contribution in [0.3, 0.4) is 0 Å². The van der Waals surface area contributed by atoms with Crippen LogP contribution in [0.25, 0.3) is 11.0 Å². The summed E-state index contributed by atoms with van der Waals surface area (Å²) in [7, 11) is 0. The second-order valence-corrected chi connectivity index (χ2v) is 9.09. The maximum atomic E-state index is 13.4. The van der Waals surface area contributed by atoms with Gasteiger partial charge in [0, 0.05) is 31.4 Å². The summed E-state index contributed by atoms with van der Waals surface area (Å²) in [6.45, 7) is 2.98. The minimum absolute atomic E-state index is 0.0562. The number of pyridine rings is 1. The van der Waals surface area contributed by atoms with E-state index < -0.39 is 5.54 Å². The van der Waals surface area contributed by atoms with Crippen molar-refractivity contribution in [3.05, 3.63) is 48.2 Å². The number of fused-ring (bicyclic) bond motifs is 1. The van der Waals surface area contributed by atoms with Crippen LogP contribution < -0.4 is 10.2 Å². The number of nitrogens with one attached hydrogen (secondary N) is 2. The lowest BCUT2D eigenvalue weighted by Crippen LogP contribution is -2.54. The molecule has 1 saturated heterocycles. The third-order valence-electron chi connectivity index (χ3n) is 6.95. The van der Waals surface area contributed by atoms with E-state index in [9.17, 15) is 9.90 Å². The molecule has 3 N–H and O–H groups in total. The fourth-order valence-corrected chi connectivity index (χ4v) is 4.86. The Bertz CT molecular complexity index is 1200. The highest BCUT2D eigenvalue weighted by atomic mass is 16.3. The second-order valence-electron chi connectivity index (χ2n) is 9.09. The molecule has 5 rings (SSSR count). The van der Waals surface area contributed by atoms with Crippen molar-refractivity contribution < 1.29 is 9.90 Å². The van der Waals surface area contributed by atoms with E-state index in [1.807, 2.05) is 18.3 Å².